The normalized spacial score (nSPS) is 16.6. The number of carbonyl (C=O) groups is 1. The van der Waals surface area contributed by atoms with Crippen molar-refractivity contribution in [2.45, 2.75) is 26.3 Å². The van der Waals surface area contributed by atoms with Crippen molar-refractivity contribution in [3.05, 3.63) is 30.2 Å². The van der Waals surface area contributed by atoms with E-state index in [1.165, 1.54) is 0 Å². The number of hydrogen-bond donors (Lipinski definition) is 1. The van der Waals surface area contributed by atoms with Gasteiger partial charge in [-0.15, -0.1) is 0 Å². The molecule has 0 aliphatic carbocycles. The predicted octanol–water partition coefficient (Wildman–Crippen LogP) is 1.02. The number of hydrogen-bond acceptors (Lipinski definition) is 7. The van der Waals surface area contributed by atoms with E-state index < -0.39 is 0 Å². The number of piperidine rings is 1. The van der Waals surface area contributed by atoms with Gasteiger partial charge in [0.05, 0.1) is 6.54 Å². The van der Waals surface area contributed by atoms with Crippen LogP contribution in [0.2, 0.25) is 0 Å². The Morgan fingerprint density at radius 1 is 1.36 bits per heavy atom. The van der Waals surface area contributed by atoms with Crippen LogP contribution in [0, 0.1) is 12.8 Å². The monoisotopic (exact) mass is 302 g/mol. The van der Waals surface area contributed by atoms with Gasteiger partial charge in [-0.2, -0.15) is 4.98 Å². The molecule has 0 saturated carbocycles. The van der Waals surface area contributed by atoms with Gasteiger partial charge in [-0.05, 0) is 38.9 Å². The van der Waals surface area contributed by atoms with Crippen molar-refractivity contribution in [2.75, 3.05) is 18.4 Å². The molecule has 8 nitrogen and oxygen atoms in total. The summed E-state index contributed by atoms with van der Waals surface area (Å²) in [5.74, 6) is 1.60. The largest absolute Gasteiger partial charge is 0.338 e. The van der Waals surface area contributed by atoms with Crippen LogP contribution in [0.3, 0.4) is 0 Å². The molecule has 1 fully saturated rings. The summed E-state index contributed by atoms with van der Waals surface area (Å²) in [5, 5.41) is 6.54. The standard InChI is InChI=1S/C14H18N6O2/c1-10-17-12(22-19-10)9-20-7-3-11(4-8-20)13(21)18-14-15-5-2-6-16-14/h2,5-6,11H,3-4,7-9H2,1H3,(H,15,16,18,21). The van der Waals surface area contributed by atoms with Crippen LogP contribution in [0.4, 0.5) is 5.95 Å². The summed E-state index contributed by atoms with van der Waals surface area (Å²) in [6, 6.07) is 1.72. The highest BCUT2D eigenvalue weighted by Crippen LogP contribution is 2.19. The van der Waals surface area contributed by atoms with Gasteiger partial charge in [0.1, 0.15) is 0 Å². The number of amides is 1. The van der Waals surface area contributed by atoms with Gasteiger partial charge in [0.25, 0.3) is 0 Å². The first kappa shape index (κ1) is 14.6. The van der Waals surface area contributed by atoms with Crippen LogP contribution in [0.1, 0.15) is 24.6 Å². The maximum Gasteiger partial charge on any atom is 0.240 e. The van der Waals surface area contributed by atoms with Crippen LogP contribution in [-0.2, 0) is 11.3 Å². The number of rotatable bonds is 4. The molecule has 1 aliphatic heterocycles. The summed E-state index contributed by atoms with van der Waals surface area (Å²) in [6.07, 6.45) is 4.81. The lowest BCUT2D eigenvalue weighted by atomic mass is 9.96. The molecule has 3 heterocycles. The number of nitrogens with one attached hydrogen (secondary N) is 1. The molecule has 1 saturated heterocycles. The Morgan fingerprint density at radius 2 is 2.09 bits per heavy atom. The second-order valence-corrected chi connectivity index (χ2v) is 5.35. The van der Waals surface area contributed by atoms with Gasteiger partial charge < -0.3 is 4.52 Å². The fourth-order valence-electron chi connectivity index (χ4n) is 2.52. The first-order chi connectivity index (χ1) is 10.7. The molecule has 1 aliphatic rings. The van der Waals surface area contributed by atoms with E-state index in [9.17, 15) is 4.79 Å². The average Bonchev–Trinajstić information content (AvgIpc) is 2.94. The molecule has 0 unspecified atom stereocenters. The van der Waals surface area contributed by atoms with E-state index in [1.807, 2.05) is 0 Å². The molecular weight excluding hydrogens is 284 g/mol. The maximum absolute atomic E-state index is 12.2. The molecule has 0 radical (unpaired) electrons. The Labute approximate surface area is 127 Å². The molecule has 1 amide bonds. The summed E-state index contributed by atoms with van der Waals surface area (Å²) in [5.41, 5.74) is 0. The number of anilines is 1. The van der Waals surface area contributed by atoms with Crippen molar-refractivity contribution < 1.29 is 9.32 Å². The van der Waals surface area contributed by atoms with Crippen LogP contribution in [0.25, 0.3) is 0 Å². The summed E-state index contributed by atoms with van der Waals surface area (Å²) >= 11 is 0. The molecule has 0 aromatic carbocycles. The second kappa shape index (κ2) is 6.61. The minimum Gasteiger partial charge on any atom is -0.338 e. The van der Waals surface area contributed by atoms with Crippen LogP contribution >= 0.6 is 0 Å². The molecule has 3 rings (SSSR count). The van der Waals surface area contributed by atoms with E-state index in [0.29, 0.717) is 24.2 Å². The summed E-state index contributed by atoms with van der Waals surface area (Å²) in [7, 11) is 0. The van der Waals surface area contributed by atoms with Crippen molar-refractivity contribution in [2.24, 2.45) is 5.92 Å². The first-order valence-corrected chi connectivity index (χ1v) is 7.30. The van der Waals surface area contributed by atoms with Crippen LogP contribution in [0.5, 0.6) is 0 Å². The van der Waals surface area contributed by atoms with Gasteiger partial charge in [0.2, 0.25) is 17.7 Å². The van der Waals surface area contributed by atoms with Gasteiger partial charge in [0, 0.05) is 18.3 Å². The maximum atomic E-state index is 12.2. The molecular formula is C14H18N6O2. The molecule has 116 valence electrons. The quantitative estimate of drug-likeness (QED) is 0.900. The Bertz CT molecular complexity index is 621. The molecule has 0 bridgehead atoms. The van der Waals surface area contributed by atoms with Gasteiger partial charge in [-0.25, -0.2) is 9.97 Å². The van der Waals surface area contributed by atoms with E-state index >= 15 is 0 Å². The topological polar surface area (TPSA) is 97.0 Å². The van der Waals surface area contributed by atoms with Crippen LogP contribution < -0.4 is 5.32 Å². The van der Waals surface area contributed by atoms with E-state index in [0.717, 1.165) is 25.9 Å². The summed E-state index contributed by atoms with van der Waals surface area (Å²) in [6.45, 7) is 4.09. The van der Waals surface area contributed by atoms with Crippen LogP contribution in [0.15, 0.2) is 23.0 Å². The third-order valence-corrected chi connectivity index (χ3v) is 3.69. The Morgan fingerprint density at radius 3 is 2.73 bits per heavy atom. The molecule has 0 atom stereocenters. The van der Waals surface area contributed by atoms with Crippen molar-refractivity contribution >= 4 is 11.9 Å². The fraction of sp³-hybridized carbons (Fsp3) is 0.500. The number of aryl methyl sites for hydroxylation is 1. The predicted molar refractivity (Wildman–Crippen MR) is 77.7 cm³/mol. The zero-order valence-electron chi connectivity index (χ0n) is 12.4. The highest BCUT2D eigenvalue weighted by molar-refractivity contribution is 5.90. The molecule has 2 aromatic rings. The minimum absolute atomic E-state index is 0.00974. The highest BCUT2D eigenvalue weighted by atomic mass is 16.5. The van der Waals surface area contributed by atoms with Crippen molar-refractivity contribution in [3.63, 3.8) is 0 Å². The summed E-state index contributed by atoms with van der Waals surface area (Å²) < 4.78 is 5.12. The Balaban J connectivity index is 1.48. The van der Waals surface area contributed by atoms with Crippen molar-refractivity contribution in [1.82, 2.24) is 25.0 Å². The van der Waals surface area contributed by atoms with Gasteiger partial charge >= 0.3 is 0 Å². The molecule has 2 aromatic heterocycles. The zero-order chi connectivity index (χ0) is 15.4. The van der Waals surface area contributed by atoms with E-state index in [1.54, 1.807) is 25.4 Å². The van der Waals surface area contributed by atoms with Crippen molar-refractivity contribution in [1.29, 1.82) is 0 Å². The van der Waals surface area contributed by atoms with E-state index in [2.05, 4.69) is 30.3 Å². The molecule has 22 heavy (non-hydrogen) atoms. The lowest BCUT2D eigenvalue weighted by Gasteiger charge is -2.29. The fourth-order valence-corrected chi connectivity index (χ4v) is 2.52. The number of likely N-dealkylation sites (tertiary alicyclic amines) is 1. The third kappa shape index (κ3) is 3.64. The molecule has 1 N–H and O–H groups in total. The molecule has 8 heteroatoms. The van der Waals surface area contributed by atoms with Gasteiger partial charge in [-0.3, -0.25) is 15.0 Å². The SMILES string of the molecule is Cc1noc(CN2CCC(C(=O)Nc3ncccn3)CC2)n1. The summed E-state index contributed by atoms with van der Waals surface area (Å²) in [4.78, 5) is 26.6. The molecule has 0 spiro atoms. The average molecular weight is 302 g/mol. The highest BCUT2D eigenvalue weighted by Gasteiger charge is 2.26. The number of carbonyl (C=O) groups excluding carboxylic acids is 1. The zero-order valence-corrected chi connectivity index (χ0v) is 12.4. The van der Waals surface area contributed by atoms with Gasteiger partial charge in [0.15, 0.2) is 5.82 Å². The number of aromatic nitrogens is 4. The third-order valence-electron chi connectivity index (χ3n) is 3.69. The van der Waals surface area contributed by atoms with Gasteiger partial charge in [-0.1, -0.05) is 5.16 Å². The minimum atomic E-state index is -0.0144. The van der Waals surface area contributed by atoms with E-state index in [-0.39, 0.29) is 11.8 Å². The Hall–Kier alpha value is -2.35. The van der Waals surface area contributed by atoms with Crippen LogP contribution in [-0.4, -0.2) is 44.0 Å². The van der Waals surface area contributed by atoms with E-state index in [4.69, 9.17) is 4.52 Å². The lowest BCUT2D eigenvalue weighted by molar-refractivity contribution is -0.121. The number of nitrogens with zero attached hydrogens (tertiary/aromatic N) is 5. The second-order valence-electron chi connectivity index (χ2n) is 5.35. The van der Waals surface area contributed by atoms with Crippen molar-refractivity contribution in [3.8, 4) is 0 Å². The first-order valence-electron chi connectivity index (χ1n) is 7.30. The lowest BCUT2D eigenvalue weighted by Crippen LogP contribution is -2.38. The Kier molecular flexibility index (Phi) is 4.38. The smallest absolute Gasteiger partial charge is 0.240 e.